The molecule has 0 saturated heterocycles. The molecule has 0 bridgehead atoms. The molecule has 5 unspecified atom stereocenters. The maximum absolute atomic E-state index is 9.25. The quantitative estimate of drug-likeness (QED) is 0.746. The monoisotopic (exact) mass is 266 g/mol. The summed E-state index contributed by atoms with van der Waals surface area (Å²) in [6, 6.07) is 0. The first-order valence-electron chi connectivity index (χ1n) is 7.79. The molecule has 0 heterocycles. The molecule has 1 rings (SSSR count). The van der Waals surface area contributed by atoms with Gasteiger partial charge in [0.05, 0.1) is 14.0 Å². The van der Waals surface area contributed by atoms with E-state index in [1.165, 1.54) is 12.8 Å². The van der Waals surface area contributed by atoms with Gasteiger partial charge >= 0.3 is 0 Å². The molecule has 2 radical (unpaired) electrons. The predicted octanol–water partition coefficient (Wildman–Crippen LogP) is 3.44. The van der Waals surface area contributed by atoms with Gasteiger partial charge in [-0.25, -0.2) is 0 Å². The van der Waals surface area contributed by atoms with E-state index in [1.807, 2.05) is 13.8 Å². The molecule has 0 aromatic carbocycles. The van der Waals surface area contributed by atoms with Gasteiger partial charge in [-0.1, -0.05) is 41.0 Å². The average molecular weight is 266 g/mol. The van der Waals surface area contributed by atoms with E-state index >= 15 is 0 Å². The van der Waals surface area contributed by atoms with Crippen LogP contribution in [0.1, 0.15) is 53.9 Å². The lowest BCUT2D eigenvalue weighted by Gasteiger charge is -2.40. The highest BCUT2D eigenvalue weighted by Gasteiger charge is 2.33. The summed E-state index contributed by atoms with van der Waals surface area (Å²) in [5.41, 5.74) is 0. The van der Waals surface area contributed by atoms with Crippen LogP contribution in [-0.2, 0) is 4.74 Å². The lowest BCUT2D eigenvalue weighted by Crippen LogP contribution is -2.37. The van der Waals surface area contributed by atoms with Crippen LogP contribution in [0.5, 0.6) is 0 Å². The molecule has 5 atom stereocenters. The number of aliphatic hydroxyl groups is 1. The van der Waals surface area contributed by atoms with E-state index in [2.05, 4.69) is 20.8 Å². The minimum atomic E-state index is -0.447. The van der Waals surface area contributed by atoms with Crippen LogP contribution in [-0.4, -0.2) is 32.3 Å². The first kappa shape index (κ1) is 17.0. The highest BCUT2D eigenvalue weighted by atomic mass is 16.5. The fourth-order valence-electron chi connectivity index (χ4n) is 2.94. The summed E-state index contributed by atoms with van der Waals surface area (Å²) in [4.78, 5) is 0. The van der Waals surface area contributed by atoms with Gasteiger partial charge in [-0.05, 0) is 41.8 Å². The van der Waals surface area contributed by atoms with Crippen molar-refractivity contribution in [3.05, 3.63) is 0 Å². The SMILES string of the molecule is [B]C(C)(COC1CC(C)CCC1C(C)C)C(C)CO. The predicted molar refractivity (Wildman–Crippen MR) is 81.5 cm³/mol. The Morgan fingerprint density at radius 3 is 2.47 bits per heavy atom. The second-order valence-corrected chi connectivity index (χ2v) is 7.26. The normalized spacial score (nSPS) is 33.1. The third-order valence-electron chi connectivity index (χ3n) is 4.97. The lowest BCUT2D eigenvalue weighted by atomic mass is 9.63. The summed E-state index contributed by atoms with van der Waals surface area (Å²) in [5, 5.41) is 8.81. The average Bonchev–Trinajstić information content (AvgIpc) is 2.35. The van der Waals surface area contributed by atoms with Crippen LogP contribution in [0.25, 0.3) is 0 Å². The summed E-state index contributed by atoms with van der Waals surface area (Å²) in [7, 11) is 6.26. The number of hydrogen-bond acceptors (Lipinski definition) is 2. The van der Waals surface area contributed by atoms with Crippen molar-refractivity contribution < 1.29 is 9.84 Å². The molecule has 1 fully saturated rings. The summed E-state index contributed by atoms with van der Waals surface area (Å²) >= 11 is 0. The van der Waals surface area contributed by atoms with Crippen molar-refractivity contribution in [1.82, 2.24) is 0 Å². The van der Waals surface area contributed by atoms with Crippen LogP contribution in [0.2, 0.25) is 5.31 Å². The first-order chi connectivity index (χ1) is 8.77. The first-order valence-corrected chi connectivity index (χ1v) is 7.79. The van der Waals surface area contributed by atoms with Crippen LogP contribution in [0, 0.1) is 23.7 Å². The van der Waals surface area contributed by atoms with Crippen molar-refractivity contribution in [2.75, 3.05) is 13.2 Å². The van der Waals surface area contributed by atoms with E-state index in [9.17, 15) is 5.11 Å². The maximum atomic E-state index is 9.25. The zero-order chi connectivity index (χ0) is 14.6. The number of rotatable bonds is 6. The molecule has 1 saturated carbocycles. The van der Waals surface area contributed by atoms with Crippen molar-refractivity contribution in [3.8, 4) is 0 Å². The van der Waals surface area contributed by atoms with Gasteiger partial charge in [0.1, 0.15) is 0 Å². The smallest absolute Gasteiger partial charge is 0.0778 e. The van der Waals surface area contributed by atoms with Crippen LogP contribution in [0.3, 0.4) is 0 Å². The van der Waals surface area contributed by atoms with E-state index in [1.54, 1.807) is 0 Å². The molecule has 1 N–H and O–H groups in total. The van der Waals surface area contributed by atoms with E-state index in [0.717, 1.165) is 12.3 Å². The molecule has 0 spiro atoms. The van der Waals surface area contributed by atoms with E-state index in [0.29, 0.717) is 24.5 Å². The second-order valence-electron chi connectivity index (χ2n) is 7.26. The summed E-state index contributed by atoms with van der Waals surface area (Å²) in [5.74, 6) is 2.12. The van der Waals surface area contributed by atoms with Crippen molar-refractivity contribution in [1.29, 1.82) is 0 Å². The molecule has 1 aliphatic carbocycles. The number of ether oxygens (including phenoxy) is 1. The van der Waals surface area contributed by atoms with Crippen LogP contribution in [0.15, 0.2) is 0 Å². The van der Waals surface area contributed by atoms with E-state index < -0.39 is 5.31 Å². The molecule has 19 heavy (non-hydrogen) atoms. The zero-order valence-electron chi connectivity index (χ0n) is 13.4. The van der Waals surface area contributed by atoms with Gasteiger partial charge < -0.3 is 9.84 Å². The van der Waals surface area contributed by atoms with Crippen LogP contribution < -0.4 is 0 Å². The van der Waals surface area contributed by atoms with Gasteiger partial charge in [0, 0.05) is 13.2 Å². The Labute approximate surface area is 120 Å². The topological polar surface area (TPSA) is 29.5 Å². The number of hydrogen-bond donors (Lipinski definition) is 1. The standard InChI is InChI=1S/C16H31BO2/c1-11(2)14-7-6-12(3)8-15(14)19-10-16(5,17)13(4)9-18/h11-15,18H,6-10H2,1-5H3. The molecule has 0 aliphatic heterocycles. The van der Waals surface area contributed by atoms with Gasteiger partial charge in [0.15, 0.2) is 0 Å². The van der Waals surface area contributed by atoms with Gasteiger partial charge in [-0.3, -0.25) is 0 Å². The summed E-state index contributed by atoms with van der Waals surface area (Å²) < 4.78 is 6.18. The van der Waals surface area contributed by atoms with E-state index in [-0.39, 0.29) is 12.5 Å². The number of aliphatic hydroxyl groups excluding tert-OH is 1. The van der Waals surface area contributed by atoms with Crippen molar-refractivity contribution >= 4 is 7.85 Å². The van der Waals surface area contributed by atoms with E-state index in [4.69, 9.17) is 12.6 Å². The Hall–Kier alpha value is -0.0151. The molecule has 1 aliphatic rings. The minimum absolute atomic E-state index is 0.0611. The van der Waals surface area contributed by atoms with Gasteiger partial charge in [0.2, 0.25) is 0 Å². The lowest BCUT2D eigenvalue weighted by molar-refractivity contribution is -0.0538. The zero-order valence-corrected chi connectivity index (χ0v) is 13.4. The summed E-state index contributed by atoms with van der Waals surface area (Å²) in [6.07, 6.45) is 4.06. The van der Waals surface area contributed by atoms with Gasteiger partial charge in [0.25, 0.3) is 0 Å². The maximum Gasteiger partial charge on any atom is 0.0778 e. The summed E-state index contributed by atoms with van der Waals surface area (Å²) in [6.45, 7) is 11.5. The Bertz CT molecular complexity index is 265. The van der Waals surface area contributed by atoms with Crippen LogP contribution in [0.4, 0.5) is 0 Å². The van der Waals surface area contributed by atoms with Crippen molar-refractivity contribution in [2.45, 2.75) is 65.3 Å². The molecular weight excluding hydrogens is 235 g/mol. The Morgan fingerprint density at radius 2 is 1.95 bits per heavy atom. The fraction of sp³-hybridized carbons (Fsp3) is 1.00. The second kappa shape index (κ2) is 7.13. The molecule has 3 heteroatoms. The molecule has 0 aromatic heterocycles. The highest BCUT2D eigenvalue weighted by Crippen LogP contribution is 2.38. The van der Waals surface area contributed by atoms with Gasteiger partial charge in [-0.15, -0.1) is 0 Å². The molecule has 110 valence electrons. The minimum Gasteiger partial charge on any atom is -0.396 e. The van der Waals surface area contributed by atoms with Gasteiger partial charge in [-0.2, -0.15) is 0 Å². The molecule has 0 aromatic rings. The molecule has 0 amide bonds. The largest absolute Gasteiger partial charge is 0.396 e. The third-order valence-corrected chi connectivity index (χ3v) is 4.97. The molecular formula is C16H31BO2. The Balaban J connectivity index is 2.57. The Kier molecular flexibility index (Phi) is 6.39. The van der Waals surface area contributed by atoms with Crippen LogP contribution >= 0.6 is 0 Å². The fourth-order valence-corrected chi connectivity index (χ4v) is 2.94. The third kappa shape index (κ3) is 4.79. The molecule has 2 nitrogen and oxygen atoms in total. The van der Waals surface area contributed by atoms with Crippen molar-refractivity contribution in [3.63, 3.8) is 0 Å². The Morgan fingerprint density at radius 1 is 1.32 bits per heavy atom. The highest BCUT2D eigenvalue weighted by molar-refractivity contribution is 6.15. The van der Waals surface area contributed by atoms with Crippen molar-refractivity contribution in [2.24, 2.45) is 23.7 Å².